The number of ether oxygens (including phenoxy) is 2. The average Bonchev–Trinajstić information content (AvgIpc) is 2.93. The highest BCUT2D eigenvalue weighted by Gasteiger charge is 2.11. The van der Waals surface area contributed by atoms with Crippen molar-refractivity contribution in [2.75, 3.05) is 19.5 Å². The first-order chi connectivity index (χ1) is 11.1. The molecule has 5 nitrogen and oxygen atoms in total. The number of nitrogens with one attached hydrogen (secondary N) is 1. The topological polar surface area (TPSA) is 56.3 Å². The van der Waals surface area contributed by atoms with Gasteiger partial charge in [-0.2, -0.15) is 0 Å². The minimum atomic E-state index is 0.245. The predicted molar refractivity (Wildman–Crippen MR) is 94.0 cm³/mol. The molecule has 3 aromatic rings. The summed E-state index contributed by atoms with van der Waals surface area (Å²) in [6, 6.07) is 5.80. The van der Waals surface area contributed by atoms with Gasteiger partial charge in [0.2, 0.25) is 5.28 Å². The maximum Gasteiger partial charge on any atom is 0.225 e. The normalized spacial score (nSPS) is 10.8. The fraction of sp³-hybridized carbons (Fsp3) is 0.250. The Balaban J connectivity index is 1.87. The number of methoxy groups -OCH3 is 2. The van der Waals surface area contributed by atoms with Gasteiger partial charge < -0.3 is 14.8 Å². The van der Waals surface area contributed by atoms with Crippen LogP contribution in [0.25, 0.3) is 10.2 Å². The summed E-state index contributed by atoms with van der Waals surface area (Å²) in [5.74, 6) is 2.15. The van der Waals surface area contributed by atoms with Crippen molar-refractivity contribution in [2.24, 2.45) is 0 Å². The molecule has 0 saturated carbocycles. The molecule has 1 aromatic carbocycles. The molecule has 7 heteroatoms. The van der Waals surface area contributed by atoms with E-state index in [0.29, 0.717) is 18.0 Å². The van der Waals surface area contributed by atoms with Gasteiger partial charge in [-0.15, -0.1) is 11.3 Å². The lowest BCUT2D eigenvalue weighted by Crippen LogP contribution is -2.03. The lowest BCUT2D eigenvalue weighted by atomic mass is 10.2. The maximum absolute atomic E-state index is 6.01. The number of rotatable bonds is 5. The Labute approximate surface area is 143 Å². The highest BCUT2D eigenvalue weighted by Crippen LogP contribution is 2.31. The quantitative estimate of drug-likeness (QED) is 0.696. The Morgan fingerprint density at radius 2 is 1.96 bits per heavy atom. The van der Waals surface area contributed by atoms with Crippen LogP contribution in [0.5, 0.6) is 11.5 Å². The smallest absolute Gasteiger partial charge is 0.225 e. The SMILES string of the molecule is COc1ccc(CNc2nc(Cl)nc3scc(C)c23)cc1OC. The Hall–Kier alpha value is -2.05. The summed E-state index contributed by atoms with van der Waals surface area (Å²) in [5.41, 5.74) is 2.19. The van der Waals surface area contributed by atoms with E-state index in [0.717, 1.165) is 27.2 Å². The lowest BCUT2D eigenvalue weighted by Gasteiger charge is -2.11. The maximum atomic E-state index is 6.01. The third kappa shape index (κ3) is 3.18. The van der Waals surface area contributed by atoms with Crippen LogP contribution in [0.3, 0.4) is 0 Å². The van der Waals surface area contributed by atoms with Crippen LogP contribution in [-0.4, -0.2) is 24.2 Å². The van der Waals surface area contributed by atoms with E-state index in [1.165, 1.54) is 0 Å². The second-order valence-corrected chi connectivity index (χ2v) is 6.18. The van der Waals surface area contributed by atoms with E-state index in [4.69, 9.17) is 21.1 Å². The number of halogens is 1. The molecule has 2 aromatic heterocycles. The molecule has 0 aliphatic rings. The molecule has 0 bridgehead atoms. The van der Waals surface area contributed by atoms with Gasteiger partial charge in [-0.3, -0.25) is 0 Å². The molecule has 2 heterocycles. The lowest BCUT2D eigenvalue weighted by molar-refractivity contribution is 0.354. The van der Waals surface area contributed by atoms with Crippen LogP contribution in [0, 0.1) is 6.92 Å². The van der Waals surface area contributed by atoms with Crippen LogP contribution in [-0.2, 0) is 6.54 Å². The fourth-order valence-corrected chi connectivity index (χ4v) is 3.50. The number of benzene rings is 1. The van der Waals surface area contributed by atoms with Gasteiger partial charge in [0.25, 0.3) is 0 Å². The molecule has 0 amide bonds. The zero-order chi connectivity index (χ0) is 16.4. The molecule has 0 unspecified atom stereocenters. The van der Waals surface area contributed by atoms with Gasteiger partial charge in [-0.1, -0.05) is 6.07 Å². The van der Waals surface area contributed by atoms with Gasteiger partial charge in [0.1, 0.15) is 10.6 Å². The third-order valence-electron chi connectivity index (χ3n) is 3.50. The molecule has 0 atom stereocenters. The van der Waals surface area contributed by atoms with Crippen LogP contribution in [0.4, 0.5) is 5.82 Å². The molecule has 0 saturated heterocycles. The molecule has 120 valence electrons. The van der Waals surface area contributed by atoms with Crippen molar-refractivity contribution in [3.8, 4) is 11.5 Å². The molecule has 3 rings (SSSR count). The van der Waals surface area contributed by atoms with E-state index in [2.05, 4.69) is 20.7 Å². The van der Waals surface area contributed by atoms with Crippen molar-refractivity contribution in [3.05, 3.63) is 40.0 Å². The molecule has 1 N–H and O–H groups in total. The monoisotopic (exact) mass is 349 g/mol. The van der Waals surface area contributed by atoms with Gasteiger partial charge in [-0.25, -0.2) is 9.97 Å². The summed E-state index contributed by atoms with van der Waals surface area (Å²) in [4.78, 5) is 9.46. The summed E-state index contributed by atoms with van der Waals surface area (Å²) in [5, 5.41) is 6.65. The van der Waals surface area contributed by atoms with E-state index in [9.17, 15) is 0 Å². The first kappa shape index (κ1) is 15.8. The van der Waals surface area contributed by atoms with Crippen LogP contribution < -0.4 is 14.8 Å². The number of aryl methyl sites for hydroxylation is 1. The van der Waals surface area contributed by atoms with E-state index < -0.39 is 0 Å². The van der Waals surface area contributed by atoms with Crippen LogP contribution in [0.15, 0.2) is 23.6 Å². The highest BCUT2D eigenvalue weighted by molar-refractivity contribution is 7.17. The Bertz CT molecular complexity index is 851. The number of aromatic nitrogens is 2. The second kappa shape index (κ2) is 6.60. The first-order valence-corrected chi connectivity index (χ1v) is 8.24. The molecular weight excluding hydrogens is 334 g/mol. The zero-order valence-corrected chi connectivity index (χ0v) is 14.6. The highest BCUT2D eigenvalue weighted by atomic mass is 35.5. The second-order valence-electron chi connectivity index (χ2n) is 4.98. The molecule has 0 aliphatic heterocycles. The number of fused-ring (bicyclic) bond motifs is 1. The van der Waals surface area contributed by atoms with Crippen LogP contribution >= 0.6 is 22.9 Å². The summed E-state index contributed by atoms with van der Waals surface area (Å²) in [6.07, 6.45) is 0. The molecule has 23 heavy (non-hydrogen) atoms. The molecule has 0 radical (unpaired) electrons. The zero-order valence-electron chi connectivity index (χ0n) is 13.0. The molecule has 0 spiro atoms. The van der Waals surface area contributed by atoms with Gasteiger partial charge in [0, 0.05) is 6.54 Å². The summed E-state index contributed by atoms with van der Waals surface area (Å²) in [6.45, 7) is 2.63. The summed E-state index contributed by atoms with van der Waals surface area (Å²) < 4.78 is 10.6. The summed E-state index contributed by atoms with van der Waals surface area (Å²) >= 11 is 7.57. The van der Waals surface area contributed by atoms with Crippen LogP contribution in [0.1, 0.15) is 11.1 Å². The van der Waals surface area contributed by atoms with Crippen molar-refractivity contribution in [1.29, 1.82) is 0 Å². The summed E-state index contributed by atoms with van der Waals surface area (Å²) in [7, 11) is 3.24. The van der Waals surface area contributed by atoms with Gasteiger partial charge in [-0.05, 0) is 47.2 Å². The Morgan fingerprint density at radius 1 is 1.17 bits per heavy atom. The average molecular weight is 350 g/mol. The van der Waals surface area contributed by atoms with E-state index >= 15 is 0 Å². The van der Waals surface area contributed by atoms with E-state index in [1.807, 2.05) is 25.1 Å². The van der Waals surface area contributed by atoms with Crippen LogP contribution in [0.2, 0.25) is 5.28 Å². The number of nitrogens with zero attached hydrogens (tertiary/aromatic N) is 2. The minimum Gasteiger partial charge on any atom is -0.493 e. The predicted octanol–water partition coefficient (Wildman–Crippen LogP) is 4.28. The van der Waals surface area contributed by atoms with Crippen molar-refractivity contribution < 1.29 is 9.47 Å². The fourth-order valence-electron chi connectivity index (χ4n) is 2.36. The van der Waals surface area contributed by atoms with Gasteiger partial charge in [0.05, 0.1) is 19.6 Å². The number of hydrogen-bond donors (Lipinski definition) is 1. The number of anilines is 1. The van der Waals surface area contributed by atoms with Gasteiger partial charge >= 0.3 is 0 Å². The largest absolute Gasteiger partial charge is 0.493 e. The van der Waals surface area contributed by atoms with Crippen molar-refractivity contribution in [2.45, 2.75) is 13.5 Å². The number of hydrogen-bond acceptors (Lipinski definition) is 6. The number of thiophene rings is 1. The Kier molecular flexibility index (Phi) is 4.54. The standard InChI is InChI=1S/C16H16ClN3O2S/c1-9-8-23-15-13(9)14(19-16(17)20-15)18-7-10-4-5-11(21-2)12(6-10)22-3/h4-6,8H,7H2,1-3H3,(H,18,19,20). The molecule has 0 aliphatic carbocycles. The first-order valence-electron chi connectivity index (χ1n) is 6.98. The van der Waals surface area contributed by atoms with Gasteiger partial charge in [0.15, 0.2) is 11.5 Å². The van der Waals surface area contributed by atoms with Crippen molar-refractivity contribution in [3.63, 3.8) is 0 Å². The van der Waals surface area contributed by atoms with E-state index in [-0.39, 0.29) is 5.28 Å². The van der Waals surface area contributed by atoms with Crippen molar-refractivity contribution >= 4 is 39.0 Å². The third-order valence-corrected chi connectivity index (χ3v) is 4.66. The minimum absolute atomic E-state index is 0.245. The molecular formula is C16H16ClN3O2S. The molecule has 0 fully saturated rings. The van der Waals surface area contributed by atoms with Crippen molar-refractivity contribution in [1.82, 2.24) is 9.97 Å². The van der Waals surface area contributed by atoms with E-state index in [1.54, 1.807) is 25.6 Å². The Morgan fingerprint density at radius 3 is 2.70 bits per heavy atom.